The molecule has 0 aromatic carbocycles. The molecule has 1 aliphatic rings. The lowest BCUT2D eigenvalue weighted by Gasteiger charge is -2.23. The molecule has 1 aliphatic heterocycles. The molecule has 0 aliphatic carbocycles. The molecule has 2 rings (SSSR count). The molecule has 5 nitrogen and oxygen atoms in total. The number of hydrogen-bond acceptors (Lipinski definition) is 4. The van der Waals surface area contributed by atoms with E-state index in [1.54, 1.807) is 18.3 Å². The quantitative estimate of drug-likeness (QED) is 0.730. The molecule has 2 N–H and O–H groups in total. The zero-order valence-electron chi connectivity index (χ0n) is 8.39. The van der Waals surface area contributed by atoms with Crippen molar-refractivity contribution in [2.45, 2.75) is 18.9 Å². The van der Waals surface area contributed by atoms with Gasteiger partial charge in [0.2, 0.25) is 0 Å². The van der Waals surface area contributed by atoms with Gasteiger partial charge in [-0.15, -0.1) is 0 Å². The Morgan fingerprint density at radius 2 is 2.27 bits per heavy atom. The van der Waals surface area contributed by atoms with Gasteiger partial charge in [0.05, 0.1) is 13.2 Å². The topological polar surface area (TPSA) is 71.0 Å². The molecule has 0 spiro atoms. The average Bonchev–Trinajstić information content (AvgIpc) is 2.31. The molecule has 0 bridgehead atoms. The number of pyridine rings is 1. The third-order valence-electron chi connectivity index (χ3n) is 2.37. The molecular weight excluding hydrogens is 196 g/mol. The second-order valence-corrected chi connectivity index (χ2v) is 3.45. The Morgan fingerprint density at radius 1 is 1.47 bits per heavy atom. The minimum atomic E-state index is 0.118. The highest BCUT2D eigenvalue weighted by atomic mass is 16.5. The molecule has 0 saturated carbocycles. The van der Waals surface area contributed by atoms with Gasteiger partial charge in [0, 0.05) is 25.1 Å². The second-order valence-electron chi connectivity index (χ2n) is 3.45. The lowest BCUT2D eigenvalue weighted by atomic mass is 10.1. The summed E-state index contributed by atoms with van der Waals surface area (Å²) < 4.78 is 10.9. The van der Waals surface area contributed by atoms with Gasteiger partial charge < -0.3 is 20.2 Å². The highest BCUT2D eigenvalue weighted by Crippen LogP contribution is 2.20. The van der Waals surface area contributed by atoms with E-state index in [0.717, 1.165) is 18.3 Å². The fourth-order valence-corrected chi connectivity index (χ4v) is 1.54. The molecule has 0 amide bonds. The predicted molar refractivity (Wildman–Crippen MR) is 53.7 cm³/mol. The van der Waals surface area contributed by atoms with Gasteiger partial charge in [-0.2, -0.15) is 0 Å². The molecule has 1 saturated heterocycles. The summed E-state index contributed by atoms with van der Waals surface area (Å²) >= 11 is 0. The number of quaternary nitrogens is 1. The van der Waals surface area contributed by atoms with Crippen molar-refractivity contribution in [2.24, 2.45) is 0 Å². The van der Waals surface area contributed by atoms with E-state index in [4.69, 9.17) is 9.47 Å². The summed E-state index contributed by atoms with van der Waals surface area (Å²) in [6, 6.07) is 3.43. The van der Waals surface area contributed by atoms with Gasteiger partial charge >= 0.3 is 0 Å². The predicted octanol–water partition coefficient (Wildman–Crippen LogP) is 0.332. The first-order valence-corrected chi connectivity index (χ1v) is 5.05. The van der Waals surface area contributed by atoms with Crippen LogP contribution < -0.4 is 10.2 Å². The van der Waals surface area contributed by atoms with Crippen LogP contribution in [0.3, 0.4) is 0 Å². The Hall–Kier alpha value is -1.17. The molecule has 1 fully saturated rings. The normalized spacial score (nSPS) is 17.7. The number of ether oxygens (including phenoxy) is 2. The summed E-state index contributed by atoms with van der Waals surface area (Å²) in [5, 5.41) is 10.7. The van der Waals surface area contributed by atoms with E-state index in [9.17, 15) is 5.21 Å². The maximum Gasteiger partial charge on any atom is 0.277 e. The molecule has 1 aromatic rings. The van der Waals surface area contributed by atoms with Crippen molar-refractivity contribution in [3.05, 3.63) is 23.5 Å². The Morgan fingerprint density at radius 3 is 3.00 bits per heavy atom. The molecule has 82 valence electrons. The maximum absolute atomic E-state index is 10.7. The van der Waals surface area contributed by atoms with Gasteiger partial charge in [0.15, 0.2) is 5.69 Å². The smallest absolute Gasteiger partial charge is 0.277 e. The first-order valence-electron chi connectivity index (χ1n) is 5.05. The van der Waals surface area contributed by atoms with Crippen molar-refractivity contribution in [3.63, 3.8) is 0 Å². The summed E-state index contributed by atoms with van der Waals surface area (Å²) in [4.78, 5) is 4.05. The fraction of sp³-hybridized carbons (Fsp3) is 0.500. The standard InChI is InChI=1S/C10H14N2O3/c13-12-9-2-1-5-11-10(9)15-8-3-6-14-7-4-8/h1-2,5,8H,3-4,6-7,12H2. The average molecular weight is 210 g/mol. The highest BCUT2D eigenvalue weighted by molar-refractivity contribution is 5.38. The second kappa shape index (κ2) is 5.06. The van der Waals surface area contributed by atoms with Crippen LogP contribution in [0.4, 0.5) is 5.69 Å². The van der Waals surface area contributed by atoms with Gasteiger partial charge in [-0.1, -0.05) is 0 Å². The zero-order valence-corrected chi connectivity index (χ0v) is 8.39. The molecule has 1 aromatic heterocycles. The van der Waals surface area contributed by atoms with Gasteiger partial charge in [0.25, 0.3) is 5.88 Å². The Labute approximate surface area is 88.0 Å². The van der Waals surface area contributed by atoms with Crippen LogP contribution in [0.15, 0.2) is 18.3 Å². The van der Waals surface area contributed by atoms with Crippen LogP contribution in [0.25, 0.3) is 0 Å². The SMILES string of the molecule is [O-][NH2+]c1cccnc1OC1CCOCC1. The summed E-state index contributed by atoms with van der Waals surface area (Å²) in [5.41, 5.74) is 1.27. The maximum atomic E-state index is 10.7. The third kappa shape index (κ3) is 2.65. The Bertz CT molecular complexity index is 313. The van der Waals surface area contributed by atoms with Crippen LogP contribution in [0.1, 0.15) is 12.8 Å². The third-order valence-corrected chi connectivity index (χ3v) is 2.37. The first-order chi connectivity index (χ1) is 7.40. The monoisotopic (exact) mass is 210 g/mol. The largest absolute Gasteiger partial charge is 0.630 e. The van der Waals surface area contributed by atoms with E-state index in [2.05, 4.69) is 4.98 Å². The molecule has 0 atom stereocenters. The lowest BCUT2D eigenvalue weighted by molar-refractivity contribution is -0.498. The minimum absolute atomic E-state index is 0.118. The summed E-state index contributed by atoms with van der Waals surface area (Å²) in [6.45, 7) is 1.43. The van der Waals surface area contributed by atoms with Crippen LogP contribution in [0, 0.1) is 5.21 Å². The fourth-order valence-electron chi connectivity index (χ4n) is 1.54. The van der Waals surface area contributed by atoms with Crippen molar-refractivity contribution < 1.29 is 15.0 Å². The van der Waals surface area contributed by atoms with Crippen LogP contribution in [0.5, 0.6) is 5.88 Å². The van der Waals surface area contributed by atoms with Crippen molar-refractivity contribution in [3.8, 4) is 5.88 Å². The van der Waals surface area contributed by atoms with E-state index in [1.165, 1.54) is 0 Å². The number of nitrogens with two attached hydrogens (primary N) is 1. The van der Waals surface area contributed by atoms with Crippen LogP contribution in [-0.4, -0.2) is 24.3 Å². The van der Waals surface area contributed by atoms with E-state index in [1.807, 2.05) is 0 Å². The molecular formula is C10H14N2O3. The zero-order chi connectivity index (χ0) is 10.5. The Kier molecular flexibility index (Phi) is 3.49. The first kappa shape index (κ1) is 10.4. The van der Waals surface area contributed by atoms with E-state index < -0.39 is 0 Å². The van der Waals surface area contributed by atoms with Crippen LogP contribution in [-0.2, 0) is 4.74 Å². The van der Waals surface area contributed by atoms with Crippen molar-refractivity contribution in [2.75, 3.05) is 13.2 Å². The highest BCUT2D eigenvalue weighted by Gasteiger charge is 2.17. The number of hydrogen-bond donors (Lipinski definition) is 1. The summed E-state index contributed by atoms with van der Waals surface area (Å²) in [5.74, 6) is 0.430. The van der Waals surface area contributed by atoms with Gasteiger partial charge in [0.1, 0.15) is 6.10 Å². The van der Waals surface area contributed by atoms with Gasteiger partial charge in [-0.25, -0.2) is 4.98 Å². The molecule has 2 heterocycles. The number of rotatable bonds is 3. The lowest BCUT2D eigenvalue weighted by Crippen LogP contribution is -2.70. The summed E-state index contributed by atoms with van der Waals surface area (Å²) in [6.07, 6.45) is 3.46. The van der Waals surface area contributed by atoms with Crippen LogP contribution >= 0.6 is 0 Å². The van der Waals surface area contributed by atoms with Crippen molar-refractivity contribution in [1.29, 1.82) is 0 Å². The minimum Gasteiger partial charge on any atom is -0.630 e. The van der Waals surface area contributed by atoms with Gasteiger partial charge in [-0.3, -0.25) is 0 Å². The molecule has 0 unspecified atom stereocenters. The van der Waals surface area contributed by atoms with Crippen LogP contribution in [0.2, 0.25) is 0 Å². The van der Waals surface area contributed by atoms with Crippen molar-refractivity contribution in [1.82, 2.24) is 4.98 Å². The molecule has 15 heavy (non-hydrogen) atoms. The van der Waals surface area contributed by atoms with E-state index in [0.29, 0.717) is 24.8 Å². The van der Waals surface area contributed by atoms with E-state index in [-0.39, 0.29) is 6.10 Å². The summed E-state index contributed by atoms with van der Waals surface area (Å²) in [7, 11) is 0. The van der Waals surface area contributed by atoms with Gasteiger partial charge in [-0.05, 0) is 6.07 Å². The number of aromatic nitrogens is 1. The molecule has 5 heteroatoms. The van der Waals surface area contributed by atoms with E-state index >= 15 is 0 Å². The number of nitrogens with zero attached hydrogens (tertiary/aromatic N) is 1. The molecule has 0 radical (unpaired) electrons. The Balaban J connectivity index is 2.02. The van der Waals surface area contributed by atoms with Crippen molar-refractivity contribution >= 4 is 5.69 Å².